The average molecular weight is 245 g/mol. The predicted octanol–water partition coefficient (Wildman–Crippen LogP) is 1.14. The molecule has 18 heavy (non-hydrogen) atoms. The van der Waals surface area contributed by atoms with Crippen molar-refractivity contribution in [3.63, 3.8) is 0 Å². The van der Waals surface area contributed by atoms with Crippen molar-refractivity contribution in [2.45, 2.75) is 12.5 Å². The highest BCUT2D eigenvalue weighted by atomic mass is 16.2. The number of fused-ring (bicyclic) bond motifs is 1. The van der Waals surface area contributed by atoms with Gasteiger partial charge in [0.25, 0.3) is 0 Å². The molecule has 1 atom stereocenters. The summed E-state index contributed by atoms with van der Waals surface area (Å²) in [7, 11) is 5.46. The third-order valence-corrected chi connectivity index (χ3v) is 3.18. The van der Waals surface area contributed by atoms with E-state index in [2.05, 4.69) is 16.7 Å². The van der Waals surface area contributed by atoms with Gasteiger partial charge in [-0.3, -0.25) is 4.79 Å². The van der Waals surface area contributed by atoms with Gasteiger partial charge in [0, 0.05) is 38.2 Å². The van der Waals surface area contributed by atoms with E-state index in [1.807, 2.05) is 25.4 Å². The SMILES string of the molecule is CN(C)C(=O)C(N)Cc1cn(C)c2ccccc12. The van der Waals surface area contributed by atoms with Crippen molar-refractivity contribution < 1.29 is 4.79 Å². The molecule has 2 aromatic rings. The van der Waals surface area contributed by atoms with Crippen LogP contribution in [0.2, 0.25) is 0 Å². The number of likely N-dealkylation sites (N-methyl/N-ethyl adjacent to an activating group) is 1. The Morgan fingerprint density at radius 2 is 2.06 bits per heavy atom. The summed E-state index contributed by atoms with van der Waals surface area (Å²) < 4.78 is 2.07. The molecule has 0 bridgehead atoms. The van der Waals surface area contributed by atoms with Crippen molar-refractivity contribution in [1.29, 1.82) is 0 Å². The first kappa shape index (κ1) is 12.6. The van der Waals surface area contributed by atoms with Gasteiger partial charge >= 0.3 is 0 Å². The van der Waals surface area contributed by atoms with Crippen LogP contribution >= 0.6 is 0 Å². The van der Waals surface area contributed by atoms with Gasteiger partial charge in [-0.25, -0.2) is 0 Å². The Morgan fingerprint density at radius 3 is 2.72 bits per heavy atom. The van der Waals surface area contributed by atoms with Gasteiger partial charge in [0.15, 0.2) is 0 Å². The maximum Gasteiger partial charge on any atom is 0.239 e. The number of hydrogen-bond donors (Lipinski definition) is 1. The largest absolute Gasteiger partial charge is 0.350 e. The summed E-state index contributed by atoms with van der Waals surface area (Å²) in [6.07, 6.45) is 2.62. The molecule has 1 amide bonds. The van der Waals surface area contributed by atoms with Crippen LogP contribution in [-0.2, 0) is 18.3 Å². The van der Waals surface area contributed by atoms with Gasteiger partial charge in [0.05, 0.1) is 6.04 Å². The lowest BCUT2D eigenvalue weighted by molar-refractivity contribution is -0.130. The summed E-state index contributed by atoms with van der Waals surface area (Å²) in [5.74, 6) is -0.0389. The molecule has 0 fully saturated rings. The Hall–Kier alpha value is -1.81. The molecule has 1 aromatic heterocycles. The lowest BCUT2D eigenvalue weighted by atomic mass is 10.0. The van der Waals surface area contributed by atoms with Crippen LogP contribution in [0.25, 0.3) is 10.9 Å². The Kier molecular flexibility index (Phi) is 3.39. The average Bonchev–Trinajstić information content (AvgIpc) is 2.66. The number of benzene rings is 1. The van der Waals surface area contributed by atoms with Crippen LogP contribution in [0.15, 0.2) is 30.5 Å². The molecular weight excluding hydrogens is 226 g/mol. The number of nitrogens with zero attached hydrogens (tertiary/aromatic N) is 2. The Morgan fingerprint density at radius 1 is 1.39 bits per heavy atom. The fourth-order valence-electron chi connectivity index (χ4n) is 2.24. The number of rotatable bonds is 3. The van der Waals surface area contributed by atoms with Crippen LogP contribution in [0, 0.1) is 0 Å². The monoisotopic (exact) mass is 245 g/mol. The molecule has 4 nitrogen and oxygen atoms in total. The lowest BCUT2D eigenvalue weighted by Crippen LogP contribution is -2.41. The standard InChI is InChI=1S/C14H19N3O/c1-16(2)14(18)12(15)8-10-9-17(3)13-7-5-4-6-11(10)13/h4-7,9,12H,8,15H2,1-3H3. The van der Waals surface area contributed by atoms with Crippen molar-refractivity contribution in [2.75, 3.05) is 14.1 Å². The van der Waals surface area contributed by atoms with Gasteiger partial charge < -0.3 is 15.2 Å². The van der Waals surface area contributed by atoms with Crippen LogP contribution in [0.3, 0.4) is 0 Å². The maximum absolute atomic E-state index is 11.8. The third-order valence-electron chi connectivity index (χ3n) is 3.18. The lowest BCUT2D eigenvalue weighted by Gasteiger charge is -2.16. The zero-order chi connectivity index (χ0) is 13.3. The molecule has 1 heterocycles. The minimum absolute atomic E-state index is 0.0389. The number of hydrogen-bond acceptors (Lipinski definition) is 2. The number of aryl methyl sites for hydroxylation is 1. The first-order valence-corrected chi connectivity index (χ1v) is 6.00. The molecule has 0 saturated carbocycles. The number of para-hydroxylation sites is 1. The zero-order valence-electron chi connectivity index (χ0n) is 11.1. The summed E-state index contributed by atoms with van der Waals surface area (Å²) in [6, 6.07) is 7.67. The van der Waals surface area contributed by atoms with Crippen molar-refractivity contribution in [1.82, 2.24) is 9.47 Å². The second-order valence-corrected chi connectivity index (χ2v) is 4.83. The van der Waals surface area contributed by atoms with E-state index in [-0.39, 0.29) is 5.91 Å². The highest BCUT2D eigenvalue weighted by Gasteiger charge is 2.18. The molecule has 0 aliphatic rings. The topological polar surface area (TPSA) is 51.3 Å². The second-order valence-electron chi connectivity index (χ2n) is 4.83. The molecule has 4 heteroatoms. The van der Waals surface area contributed by atoms with E-state index in [4.69, 9.17) is 5.73 Å². The summed E-state index contributed by atoms with van der Waals surface area (Å²) in [5.41, 5.74) is 8.23. The van der Waals surface area contributed by atoms with E-state index < -0.39 is 6.04 Å². The Bertz CT molecular complexity index is 571. The van der Waals surface area contributed by atoms with Gasteiger partial charge in [-0.05, 0) is 18.1 Å². The van der Waals surface area contributed by atoms with E-state index in [9.17, 15) is 4.79 Å². The van der Waals surface area contributed by atoms with Gasteiger partial charge in [0.2, 0.25) is 5.91 Å². The smallest absolute Gasteiger partial charge is 0.239 e. The molecule has 0 aliphatic heterocycles. The molecule has 1 aromatic carbocycles. The number of nitrogens with two attached hydrogens (primary N) is 1. The fraction of sp³-hybridized carbons (Fsp3) is 0.357. The van der Waals surface area contributed by atoms with Gasteiger partial charge in [-0.15, -0.1) is 0 Å². The van der Waals surface area contributed by atoms with Crippen molar-refractivity contribution in [2.24, 2.45) is 12.8 Å². The molecular formula is C14H19N3O. The number of amides is 1. The highest BCUT2D eigenvalue weighted by molar-refractivity contribution is 5.86. The van der Waals surface area contributed by atoms with Crippen LogP contribution < -0.4 is 5.73 Å². The van der Waals surface area contributed by atoms with Crippen LogP contribution in [0.1, 0.15) is 5.56 Å². The normalized spacial score (nSPS) is 12.7. The van der Waals surface area contributed by atoms with Gasteiger partial charge in [-0.1, -0.05) is 18.2 Å². The Labute approximate surface area is 107 Å². The molecule has 2 rings (SSSR count). The van der Waals surface area contributed by atoms with E-state index in [1.54, 1.807) is 14.1 Å². The zero-order valence-corrected chi connectivity index (χ0v) is 11.1. The minimum atomic E-state index is -0.481. The van der Waals surface area contributed by atoms with Crippen LogP contribution in [-0.4, -0.2) is 35.5 Å². The van der Waals surface area contributed by atoms with Gasteiger partial charge in [-0.2, -0.15) is 0 Å². The molecule has 96 valence electrons. The third kappa shape index (κ3) is 2.24. The maximum atomic E-state index is 11.8. The second kappa shape index (κ2) is 4.82. The highest BCUT2D eigenvalue weighted by Crippen LogP contribution is 2.21. The van der Waals surface area contributed by atoms with E-state index in [1.165, 1.54) is 10.3 Å². The summed E-state index contributed by atoms with van der Waals surface area (Å²) in [5, 5.41) is 1.17. The van der Waals surface area contributed by atoms with Crippen LogP contribution in [0.5, 0.6) is 0 Å². The number of aromatic nitrogens is 1. The first-order valence-electron chi connectivity index (χ1n) is 6.00. The summed E-state index contributed by atoms with van der Waals surface area (Å²) in [4.78, 5) is 13.3. The van der Waals surface area contributed by atoms with E-state index >= 15 is 0 Å². The molecule has 0 aliphatic carbocycles. The molecule has 1 unspecified atom stereocenters. The molecule has 0 saturated heterocycles. The van der Waals surface area contributed by atoms with Crippen molar-refractivity contribution in [3.8, 4) is 0 Å². The van der Waals surface area contributed by atoms with Crippen molar-refractivity contribution >= 4 is 16.8 Å². The fourth-order valence-corrected chi connectivity index (χ4v) is 2.24. The molecule has 0 radical (unpaired) electrons. The Balaban J connectivity index is 2.30. The quantitative estimate of drug-likeness (QED) is 0.881. The van der Waals surface area contributed by atoms with Crippen molar-refractivity contribution in [3.05, 3.63) is 36.0 Å². The molecule has 2 N–H and O–H groups in total. The van der Waals surface area contributed by atoms with Crippen LogP contribution in [0.4, 0.5) is 0 Å². The summed E-state index contributed by atoms with van der Waals surface area (Å²) in [6.45, 7) is 0. The predicted molar refractivity (Wildman–Crippen MR) is 73.3 cm³/mol. The van der Waals surface area contributed by atoms with E-state index in [0.717, 1.165) is 11.1 Å². The first-order chi connectivity index (χ1) is 8.50. The number of carbonyl (C=O) groups excluding carboxylic acids is 1. The van der Waals surface area contributed by atoms with Gasteiger partial charge in [0.1, 0.15) is 0 Å². The number of carbonyl (C=O) groups is 1. The molecule has 0 spiro atoms. The van der Waals surface area contributed by atoms with E-state index in [0.29, 0.717) is 6.42 Å². The summed E-state index contributed by atoms with van der Waals surface area (Å²) >= 11 is 0. The minimum Gasteiger partial charge on any atom is -0.350 e.